The van der Waals surface area contributed by atoms with Crippen LogP contribution in [0.1, 0.15) is 15.9 Å². The van der Waals surface area contributed by atoms with Gasteiger partial charge in [-0.25, -0.2) is 4.79 Å². The van der Waals surface area contributed by atoms with Gasteiger partial charge in [-0.05, 0) is 48.0 Å². The normalized spacial score (nSPS) is 11.9. The molecular formula is C22H18N4O6S2. The molecule has 0 bridgehead atoms. The number of carbonyl (C=O) groups is 3. The summed E-state index contributed by atoms with van der Waals surface area (Å²) in [5.41, 5.74) is 1.74. The van der Waals surface area contributed by atoms with E-state index in [1.165, 1.54) is 24.9 Å². The molecule has 0 saturated carbocycles. The quantitative estimate of drug-likeness (QED) is 0.208. The third kappa shape index (κ3) is 6.11. The highest BCUT2D eigenvalue weighted by atomic mass is 32.2. The second-order valence-electron chi connectivity index (χ2n) is 6.71. The van der Waals surface area contributed by atoms with E-state index in [1.54, 1.807) is 42.5 Å². The van der Waals surface area contributed by atoms with Crippen LogP contribution in [0, 0.1) is 0 Å². The van der Waals surface area contributed by atoms with Crippen molar-refractivity contribution in [2.45, 2.75) is 4.34 Å². The lowest BCUT2D eigenvalue weighted by Gasteiger charge is -2.05. The number of carbonyl (C=O) groups excluding carboxylic acids is 3. The molecule has 0 atom stereocenters. The lowest BCUT2D eigenvalue weighted by Crippen LogP contribution is -2.14. The first-order valence-electron chi connectivity index (χ1n) is 9.83. The number of anilines is 2. The second kappa shape index (κ2) is 10.8. The molecule has 0 aliphatic carbocycles. The highest BCUT2D eigenvalue weighted by molar-refractivity contribution is 8.01. The zero-order valence-corrected chi connectivity index (χ0v) is 19.4. The summed E-state index contributed by atoms with van der Waals surface area (Å²) in [6, 6.07) is 11.7. The van der Waals surface area contributed by atoms with Crippen molar-refractivity contribution in [2.75, 3.05) is 30.3 Å². The lowest BCUT2D eigenvalue weighted by atomic mass is 10.2. The molecule has 1 aliphatic rings. The minimum Gasteiger partial charge on any atom is -0.465 e. The highest BCUT2D eigenvalue weighted by Crippen LogP contribution is 2.32. The summed E-state index contributed by atoms with van der Waals surface area (Å²) in [7, 11) is 1.30. The fraction of sp³-hybridized carbons (Fsp3) is 0.136. The van der Waals surface area contributed by atoms with Gasteiger partial charge in [0.2, 0.25) is 23.7 Å². The Bertz CT molecular complexity index is 1240. The number of methoxy groups -OCH3 is 1. The van der Waals surface area contributed by atoms with E-state index in [1.807, 2.05) is 6.07 Å². The predicted octanol–water partition coefficient (Wildman–Crippen LogP) is 3.44. The Morgan fingerprint density at radius 2 is 1.88 bits per heavy atom. The zero-order chi connectivity index (χ0) is 23.9. The van der Waals surface area contributed by atoms with Gasteiger partial charge in [0.1, 0.15) is 0 Å². The smallest absolute Gasteiger partial charge is 0.337 e. The van der Waals surface area contributed by atoms with Gasteiger partial charge in [-0.1, -0.05) is 29.2 Å². The fourth-order valence-corrected chi connectivity index (χ4v) is 4.34. The Hall–Kier alpha value is -3.90. The molecule has 1 aromatic heterocycles. The predicted molar refractivity (Wildman–Crippen MR) is 127 cm³/mol. The largest absolute Gasteiger partial charge is 0.465 e. The Balaban J connectivity index is 1.23. The molecule has 12 heteroatoms. The minimum absolute atomic E-state index is 0.103. The van der Waals surface area contributed by atoms with Crippen LogP contribution in [0.5, 0.6) is 11.5 Å². The first-order chi connectivity index (χ1) is 16.5. The van der Waals surface area contributed by atoms with Gasteiger partial charge >= 0.3 is 5.97 Å². The Morgan fingerprint density at radius 3 is 2.68 bits per heavy atom. The molecule has 1 aliphatic heterocycles. The molecule has 0 spiro atoms. The summed E-state index contributed by atoms with van der Waals surface area (Å²) in [4.78, 5) is 35.8. The van der Waals surface area contributed by atoms with Crippen molar-refractivity contribution in [2.24, 2.45) is 0 Å². The van der Waals surface area contributed by atoms with Gasteiger partial charge in [0.05, 0.1) is 18.4 Å². The number of thioether (sulfide) groups is 1. The zero-order valence-electron chi connectivity index (χ0n) is 17.8. The van der Waals surface area contributed by atoms with E-state index in [9.17, 15) is 14.4 Å². The third-order valence-corrected chi connectivity index (χ3v) is 6.35. The first-order valence-corrected chi connectivity index (χ1v) is 11.6. The summed E-state index contributed by atoms with van der Waals surface area (Å²) in [5.74, 6) is 0.352. The standard InChI is InChI=1S/C22H18N4O6S2/c1-30-20(29)14-4-6-15(7-5-14)23-19(28)11-33-22-26-25-21(34-22)24-18(27)9-3-13-2-8-16-17(10-13)32-12-31-16/h2-10H,11-12H2,1H3,(H,23,28)(H,24,25,27). The van der Waals surface area contributed by atoms with Crippen molar-refractivity contribution in [3.8, 4) is 11.5 Å². The average molecular weight is 499 g/mol. The van der Waals surface area contributed by atoms with Crippen molar-refractivity contribution in [3.63, 3.8) is 0 Å². The van der Waals surface area contributed by atoms with Gasteiger partial charge in [-0.3, -0.25) is 14.9 Å². The number of esters is 1. The molecule has 174 valence electrons. The van der Waals surface area contributed by atoms with Crippen LogP contribution >= 0.6 is 23.1 Å². The number of hydrogen-bond donors (Lipinski definition) is 2. The summed E-state index contributed by atoms with van der Waals surface area (Å²) in [5, 5.41) is 13.6. The van der Waals surface area contributed by atoms with Crippen molar-refractivity contribution < 1.29 is 28.6 Å². The van der Waals surface area contributed by atoms with Crippen molar-refractivity contribution in [1.82, 2.24) is 10.2 Å². The Morgan fingerprint density at radius 1 is 1.09 bits per heavy atom. The van der Waals surface area contributed by atoms with Crippen LogP contribution in [0.25, 0.3) is 6.08 Å². The summed E-state index contributed by atoms with van der Waals surface area (Å²) in [6.07, 6.45) is 3.03. The summed E-state index contributed by atoms with van der Waals surface area (Å²) in [6.45, 7) is 0.187. The Labute approximate surface area is 202 Å². The summed E-state index contributed by atoms with van der Waals surface area (Å²) >= 11 is 2.35. The SMILES string of the molecule is COC(=O)c1ccc(NC(=O)CSc2nnc(NC(=O)C=Cc3ccc4c(c3)OCO4)s2)cc1. The topological polar surface area (TPSA) is 129 Å². The van der Waals surface area contributed by atoms with Crippen LogP contribution in [0.15, 0.2) is 52.9 Å². The van der Waals surface area contributed by atoms with Crippen LogP contribution in [0.3, 0.4) is 0 Å². The van der Waals surface area contributed by atoms with E-state index in [0.717, 1.165) is 16.9 Å². The number of benzene rings is 2. The van der Waals surface area contributed by atoms with E-state index in [2.05, 4.69) is 25.6 Å². The van der Waals surface area contributed by atoms with Gasteiger partial charge in [0.25, 0.3) is 0 Å². The molecule has 2 amide bonds. The molecule has 2 aromatic carbocycles. The highest BCUT2D eigenvalue weighted by Gasteiger charge is 2.13. The van der Waals surface area contributed by atoms with Crippen LogP contribution in [0.2, 0.25) is 0 Å². The first kappa shape index (κ1) is 23.3. The van der Waals surface area contributed by atoms with Gasteiger partial charge in [-0.2, -0.15) is 0 Å². The molecule has 2 N–H and O–H groups in total. The minimum atomic E-state index is -0.448. The number of hydrogen-bond acceptors (Lipinski definition) is 10. The van der Waals surface area contributed by atoms with Crippen LogP contribution < -0.4 is 20.1 Å². The second-order valence-corrected chi connectivity index (χ2v) is 8.91. The van der Waals surface area contributed by atoms with Gasteiger partial charge in [0.15, 0.2) is 15.8 Å². The van der Waals surface area contributed by atoms with Crippen LogP contribution in [-0.4, -0.2) is 47.6 Å². The summed E-state index contributed by atoms with van der Waals surface area (Å²) < 4.78 is 15.7. The van der Waals surface area contributed by atoms with E-state index in [-0.39, 0.29) is 24.4 Å². The van der Waals surface area contributed by atoms with Crippen LogP contribution in [-0.2, 0) is 14.3 Å². The van der Waals surface area contributed by atoms with Gasteiger partial charge < -0.3 is 19.5 Å². The van der Waals surface area contributed by atoms with E-state index >= 15 is 0 Å². The number of amides is 2. The molecule has 2 heterocycles. The number of nitrogens with zero attached hydrogens (tertiary/aromatic N) is 2. The molecule has 0 fully saturated rings. The van der Waals surface area contributed by atoms with Crippen molar-refractivity contribution in [1.29, 1.82) is 0 Å². The molecule has 0 saturated heterocycles. The molecule has 10 nitrogen and oxygen atoms in total. The maximum Gasteiger partial charge on any atom is 0.337 e. The number of ether oxygens (including phenoxy) is 3. The van der Waals surface area contributed by atoms with Crippen LogP contribution in [0.4, 0.5) is 10.8 Å². The molecule has 0 radical (unpaired) electrons. The number of fused-ring (bicyclic) bond motifs is 1. The molecule has 0 unspecified atom stereocenters. The number of nitrogens with one attached hydrogen (secondary N) is 2. The van der Waals surface area contributed by atoms with E-state index in [0.29, 0.717) is 32.2 Å². The maximum absolute atomic E-state index is 12.2. The molecule has 34 heavy (non-hydrogen) atoms. The third-order valence-electron chi connectivity index (χ3n) is 4.38. The monoisotopic (exact) mass is 498 g/mol. The van der Waals surface area contributed by atoms with Crippen molar-refractivity contribution >= 4 is 57.8 Å². The molecule has 3 aromatic rings. The van der Waals surface area contributed by atoms with Crippen molar-refractivity contribution in [3.05, 3.63) is 59.7 Å². The number of rotatable bonds is 8. The van der Waals surface area contributed by atoms with Gasteiger partial charge in [-0.15, -0.1) is 10.2 Å². The average Bonchev–Trinajstić information content (AvgIpc) is 3.50. The fourth-order valence-electron chi connectivity index (χ4n) is 2.79. The van der Waals surface area contributed by atoms with E-state index < -0.39 is 5.97 Å². The van der Waals surface area contributed by atoms with Gasteiger partial charge in [0, 0.05) is 11.8 Å². The Kier molecular flexibility index (Phi) is 7.40. The van der Waals surface area contributed by atoms with E-state index in [4.69, 9.17) is 9.47 Å². The lowest BCUT2D eigenvalue weighted by molar-refractivity contribution is -0.114. The molecular weight excluding hydrogens is 480 g/mol. The maximum atomic E-state index is 12.2. The number of aromatic nitrogens is 2. The molecule has 4 rings (SSSR count).